The van der Waals surface area contributed by atoms with E-state index in [0.29, 0.717) is 0 Å². The van der Waals surface area contributed by atoms with E-state index in [1.54, 1.807) is 0 Å². The lowest BCUT2D eigenvalue weighted by molar-refractivity contribution is 0.473. The highest BCUT2D eigenvalue weighted by Crippen LogP contribution is 2.26. The largest absolute Gasteiger partial charge is 0.322 e. The first-order chi connectivity index (χ1) is 6.38. The SMILES string of the molecule is CCC(C)(N)c1cc(C)c(C)cc1C. The minimum absolute atomic E-state index is 0.192. The number of hydrogen-bond acceptors (Lipinski definition) is 1. The van der Waals surface area contributed by atoms with Crippen molar-refractivity contribution in [2.45, 2.75) is 46.6 Å². The number of rotatable bonds is 2. The fourth-order valence-electron chi connectivity index (χ4n) is 1.77. The van der Waals surface area contributed by atoms with Crippen LogP contribution >= 0.6 is 0 Å². The zero-order valence-electron chi connectivity index (χ0n) is 9.94. The van der Waals surface area contributed by atoms with Gasteiger partial charge in [-0.05, 0) is 56.4 Å². The van der Waals surface area contributed by atoms with Crippen LogP contribution in [0.15, 0.2) is 12.1 Å². The summed E-state index contributed by atoms with van der Waals surface area (Å²) < 4.78 is 0. The molecule has 0 aliphatic heterocycles. The average Bonchev–Trinajstić information content (AvgIpc) is 2.11. The Kier molecular flexibility index (Phi) is 3.01. The predicted molar refractivity (Wildman–Crippen MR) is 62.5 cm³/mol. The van der Waals surface area contributed by atoms with Gasteiger partial charge in [0.2, 0.25) is 0 Å². The molecule has 1 atom stereocenters. The fourth-order valence-corrected chi connectivity index (χ4v) is 1.77. The highest BCUT2D eigenvalue weighted by atomic mass is 14.7. The first-order valence-corrected chi connectivity index (χ1v) is 5.25. The van der Waals surface area contributed by atoms with Crippen molar-refractivity contribution in [2.24, 2.45) is 5.73 Å². The highest BCUT2D eigenvalue weighted by Gasteiger charge is 2.20. The van der Waals surface area contributed by atoms with Crippen molar-refractivity contribution < 1.29 is 0 Å². The summed E-state index contributed by atoms with van der Waals surface area (Å²) in [5.41, 5.74) is 11.3. The molecule has 0 aliphatic carbocycles. The number of benzene rings is 1. The lowest BCUT2D eigenvalue weighted by Crippen LogP contribution is -2.33. The Balaban J connectivity index is 3.29. The molecule has 0 fully saturated rings. The second kappa shape index (κ2) is 3.74. The van der Waals surface area contributed by atoms with Crippen LogP contribution in [0.5, 0.6) is 0 Å². The first kappa shape index (κ1) is 11.3. The van der Waals surface area contributed by atoms with Crippen LogP contribution in [0, 0.1) is 20.8 Å². The van der Waals surface area contributed by atoms with Gasteiger partial charge in [0.25, 0.3) is 0 Å². The van der Waals surface area contributed by atoms with Gasteiger partial charge in [-0.3, -0.25) is 0 Å². The molecule has 1 aromatic rings. The molecule has 0 heterocycles. The molecule has 0 spiro atoms. The van der Waals surface area contributed by atoms with Crippen LogP contribution < -0.4 is 5.73 Å². The van der Waals surface area contributed by atoms with Crippen molar-refractivity contribution in [3.05, 3.63) is 34.4 Å². The summed E-state index contributed by atoms with van der Waals surface area (Å²) in [6.45, 7) is 10.7. The Morgan fingerprint density at radius 3 is 2.07 bits per heavy atom. The minimum atomic E-state index is -0.192. The number of nitrogens with two attached hydrogens (primary N) is 1. The third-order valence-electron chi connectivity index (χ3n) is 3.19. The van der Waals surface area contributed by atoms with Crippen molar-refractivity contribution in [1.82, 2.24) is 0 Å². The molecule has 2 N–H and O–H groups in total. The average molecular weight is 191 g/mol. The number of aryl methyl sites for hydroxylation is 3. The Morgan fingerprint density at radius 1 is 1.07 bits per heavy atom. The Bertz CT molecular complexity index is 337. The molecular weight excluding hydrogens is 170 g/mol. The van der Waals surface area contributed by atoms with Crippen LogP contribution in [0.3, 0.4) is 0 Å². The molecule has 0 saturated heterocycles. The quantitative estimate of drug-likeness (QED) is 0.763. The summed E-state index contributed by atoms with van der Waals surface area (Å²) in [6, 6.07) is 4.46. The Morgan fingerprint density at radius 2 is 1.57 bits per heavy atom. The van der Waals surface area contributed by atoms with Crippen molar-refractivity contribution in [1.29, 1.82) is 0 Å². The van der Waals surface area contributed by atoms with Gasteiger partial charge in [-0.15, -0.1) is 0 Å². The molecule has 1 unspecified atom stereocenters. The van der Waals surface area contributed by atoms with Gasteiger partial charge < -0.3 is 5.73 Å². The van der Waals surface area contributed by atoms with E-state index in [4.69, 9.17) is 5.73 Å². The normalized spacial score (nSPS) is 15.3. The molecule has 1 nitrogen and oxygen atoms in total. The molecule has 0 bridgehead atoms. The van der Waals surface area contributed by atoms with E-state index in [-0.39, 0.29) is 5.54 Å². The maximum atomic E-state index is 6.26. The van der Waals surface area contributed by atoms with Crippen molar-refractivity contribution in [3.8, 4) is 0 Å². The summed E-state index contributed by atoms with van der Waals surface area (Å²) >= 11 is 0. The Labute approximate surface area is 87.3 Å². The second-order valence-electron chi connectivity index (χ2n) is 4.52. The van der Waals surface area contributed by atoms with Gasteiger partial charge in [-0.1, -0.05) is 19.1 Å². The Hall–Kier alpha value is -0.820. The van der Waals surface area contributed by atoms with Crippen molar-refractivity contribution >= 4 is 0 Å². The molecule has 14 heavy (non-hydrogen) atoms. The van der Waals surface area contributed by atoms with E-state index in [2.05, 4.69) is 46.8 Å². The minimum Gasteiger partial charge on any atom is -0.322 e. The third-order valence-corrected chi connectivity index (χ3v) is 3.19. The second-order valence-corrected chi connectivity index (χ2v) is 4.52. The van der Waals surface area contributed by atoms with Gasteiger partial charge in [-0.25, -0.2) is 0 Å². The zero-order chi connectivity index (χ0) is 10.9. The van der Waals surface area contributed by atoms with Crippen molar-refractivity contribution in [2.75, 3.05) is 0 Å². The van der Waals surface area contributed by atoms with E-state index in [1.807, 2.05) is 0 Å². The molecule has 1 rings (SSSR count). The van der Waals surface area contributed by atoms with Gasteiger partial charge in [0.05, 0.1) is 0 Å². The maximum absolute atomic E-state index is 6.26. The van der Waals surface area contributed by atoms with Crippen LogP contribution in [-0.4, -0.2) is 0 Å². The maximum Gasteiger partial charge on any atom is 0.0381 e. The smallest absolute Gasteiger partial charge is 0.0381 e. The highest BCUT2D eigenvalue weighted by molar-refractivity contribution is 5.40. The fraction of sp³-hybridized carbons (Fsp3) is 0.538. The topological polar surface area (TPSA) is 26.0 Å². The molecule has 78 valence electrons. The zero-order valence-corrected chi connectivity index (χ0v) is 9.94. The third kappa shape index (κ3) is 1.98. The van der Waals surface area contributed by atoms with Gasteiger partial charge in [0.1, 0.15) is 0 Å². The molecule has 0 radical (unpaired) electrons. The van der Waals surface area contributed by atoms with Crippen LogP contribution in [0.25, 0.3) is 0 Å². The van der Waals surface area contributed by atoms with E-state index in [9.17, 15) is 0 Å². The van der Waals surface area contributed by atoms with E-state index in [0.717, 1.165) is 6.42 Å². The monoisotopic (exact) mass is 191 g/mol. The number of hydrogen-bond donors (Lipinski definition) is 1. The van der Waals surface area contributed by atoms with Crippen LogP contribution in [0.1, 0.15) is 42.5 Å². The van der Waals surface area contributed by atoms with E-state index < -0.39 is 0 Å². The van der Waals surface area contributed by atoms with Gasteiger partial charge in [-0.2, -0.15) is 0 Å². The molecular formula is C13H21N. The molecule has 0 aromatic heterocycles. The molecule has 1 heteroatoms. The standard InChI is InChI=1S/C13H21N/c1-6-13(5,14)12-8-10(3)9(2)7-11(12)4/h7-8H,6,14H2,1-5H3. The summed E-state index contributed by atoms with van der Waals surface area (Å²) in [6.07, 6.45) is 0.969. The lowest BCUT2D eigenvalue weighted by Gasteiger charge is -2.26. The van der Waals surface area contributed by atoms with E-state index >= 15 is 0 Å². The van der Waals surface area contributed by atoms with E-state index in [1.165, 1.54) is 22.3 Å². The van der Waals surface area contributed by atoms with Crippen molar-refractivity contribution in [3.63, 3.8) is 0 Å². The van der Waals surface area contributed by atoms with Gasteiger partial charge in [0, 0.05) is 5.54 Å². The molecule has 1 aromatic carbocycles. The molecule has 0 saturated carbocycles. The summed E-state index contributed by atoms with van der Waals surface area (Å²) in [7, 11) is 0. The van der Waals surface area contributed by atoms with Gasteiger partial charge in [0.15, 0.2) is 0 Å². The lowest BCUT2D eigenvalue weighted by atomic mass is 9.85. The first-order valence-electron chi connectivity index (χ1n) is 5.25. The molecule has 0 amide bonds. The summed E-state index contributed by atoms with van der Waals surface area (Å²) in [5.74, 6) is 0. The summed E-state index contributed by atoms with van der Waals surface area (Å²) in [4.78, 5) is 0. The van der Waals surface area contributed by atoms with Crippen LogP contribution in [0.4, 0.5) is 0 Å². The van der Waals surface area contributed by atoms with Gasteiger partial charge >= 0.3 is 0 Å². The predicted octanol–water partition coefficient (Wildman–Crippen LogP) is 3.20. The van der Waals surface area contributed by atoms with Crippen LogP contribution in [-0.2, 0) is 5.54 Å². The van der Waals surface area contributed by atoms with Crippen LogP contribution in [0.2, 0.25) is 0 Å². The summed E-state index contributed by atoms with van der Waals surface area (Å²) in [5, 5.41) is 0. The molecule has 0 aliphatic rings.